The standard InChI is InChI=1S/C18H21ClFN/c1-3-18(13-21-2,15-7-5-4-6-8-15)12-14-9-10-17(20)16(19)11-14/h4-11,21H,3,12-13H2,1-2H3. The fourth-order valence-electron chi connectivity index (χ4n) is 2.89. The van der Waals surface area contributed by atoms with Gasteiger partial charge in [0.2, 0.25) is 0 Å². The summed E-state index contributed by atoms with van der Waals surface area (Å²) in [6.07, 6.45) is 1.82. The van der Waals surface area contributed by atoms with Crippen LogP contribution in [-0.2, 0) is 11.8 Å². The summed E-state index contributed by atoms with van der Waals surface area (Å²) in [5, 5.41) is 3.49. The van der Waals surface area contributed by atoms with E-state index in [4.69, 9.17) is 11.6 Å². The molecule has 21 heavy (non-hydrogen) atoms. The van der Waals surface area contributed by atoms with Crippen LogP contribution in [0.4, 0.5) is 4.39 Å². The topological polar surface area (TPSA) is 12.0 Å². The third-order valence-electron chi connectivity index (χ3n) is 4.10. The first-order chi connectivity index (χ1) is 10.1. The Balaban J connectivity index is 2.38. The summed E-state index contributed by atoms with van der Waals surface area (Å²) in [4.78, 5) is 0. The first-order valence-electron chi connectivity index (χ1n) is 7.25. The van der Waals surface area contributed by atoms with E-state index in [0.717, 1.165) is 24.9 Å². The fourth-order valence-corrected chi connectivity index (χ4v) is 3.09. The van der Waals surface area contributed by atoms with Crippen molar-refractivity contribution >= 4 is 11.6 Å². The first-order valence-corrected chi connectivity index (χ1v) is 7.63. The highest BCUT2D eigenvalue weighted by atomic mass is 35.5. The van der Waals surface area contributed by atoms with E-state index in [2.05, 4.69) is 36.5 Å². The van der Waals surface area contributed by atoms with Gasteiger partial charge in [0, 0.05) is 12.0 Å². The third kappa shape index (κ3) is 3.63. The Morgan fingerprint density at radius 3 is 2.43 bits per heavy atom. The Hall–Kier alpha value is -1.38. The molecule has 3 heteroatoms. The number of benzene rings is 2. The van der Waals surface area contributed by atoms with E-state index in [0.29, 0.717) is 0 Å². The van der Waals surface area contributed by atoms with E-state index in [1.807, 2.05) is 19.2 Å². The van der Waals surface area contributed by atoms with Crippen LogP contribution in [0, 0.1) is 5.82 Å². The Labute approximate surface area is 131 Å². The van der Waals surface area contributed by atoms with Gasteiger partial charge in [-0.3, -0.25) is 0 Å². The maximum Gasteiger partial charge on any atom is 0.141 e. The summed E-state index contributed by atoms with van der Waals surface area (Å²) in [5.74, 6) is -0.365. The molecule has 0 bridgehead atoms. The van der Waals surface area contributed by atoms with Gasteiger partial charge in [-0.2, -0.15) is 0 Å². The molecule has 112 valence electrons. The molecule has 0 fully saturated rings. The van der Waals surface area contributed by atoms with Gasteiger partial charge in [0.1, 0.15) is 5.82 Å². The molecule has 0 amide bonds. The quantitative estimate of drug-likeness (QED) is 0.823. The maximum absolute atomic E-state index is 13.3. The second kappa shape index (κ2) is 7.06. The minimum Gasteiger partial charge on any atom is -0.319 e. The molecule has 0 saturated heterocycles. The predicted octanol–water partition coefficient (Wildman–Crippen LogP) is 4.59. The molecule has 2 rings (SSSR count). The van der Waals surface area contributed by atoms with Gasteiger partial charge in [-0.1, -0.05) is 54.9 Å². The molecule has 0 aliphatic rings. The van der Waals surface area contributed by atoms with E-state index in [1.54, 1.807) is 6.07 Å². The number of hydrogen-bond donors (Lipinski definition) is 1. The lowest BCUT2D eigenvalue weighted by Gasteiger charge is -2.34. The van der Waals surface area contributed by atoms with E-state index < -0.39 is 0 Å². The van der Waals surface area contributed by atoms with Crippen molar-refractivity contribution < 1.29 is 4.39 Å². The Morgan fingerprint density at radius 2 is 1.86 bits per heavy atom. The van der Waals surface area contributed by atoms with Crippen molar-refractivity contribution in [3.63, 3.8) is 0 Å². The van der Waals surface area contributed by atoms with Crippen molar-refractivity contribution in [3.05, 3.63) is 70.5 Å². The van der Waals surface area contributed by atoms with Crippen LogP contribution in [0.5, 0.6) is 0 Å². The number of nitrogens with one attached hydrogen (secondary N) is 1. The third-order valence-corrected chi connectivity index (χ3v) is 4.39. The number of likely N-dealkylation sites (N-methyl/N-ethyl adjacent to an activating group) is 1. The molecule has 1 nitrogen and oxygen atoms in total. The van der Waals surface area contributed by atoms with Gasteiger partial charge < -0.3 is 5.32 Å². The lowest BCUT2D eigenvalue weighted by Crippen LogP contribution is -2.38. The molecule has 0 saturated carbocycles. The smallest absolute Gasteiger partial charge is 0.141 e. The van der Waals surface area contributed by atoms with Gasteiger partial charge in [0.25, 0.3) is 0 Å². The summed E-state index contributed by atoms with van der Waals surface area (Å²) in [7, 11) is 1.96. The van der Waals surface area contributed by atoms with E-state index in [9.17, 15) is 4.39 Å². The van der Waals surface area contributed by atoms with E-state index in [-0.39, 0.29) is 16.3 Å². The van der Waals surface area contributed by atoms with Crippen molar-refractivity contribution in [2.75, 3.05) is 13.6 Å². The van der Waals surface area contributed by atoms with Gasteiger partial charge in [-0.15, -0.1) is 0 Å². The van der Waals surface area contributed by atoms with Crippen LogP contribution < -0.4 is 5.32 Å². The molecule has 2 aromatic rings. The van der Waals surface area contributed by atoms with Crippen LogP contribution >= 0.6 is 11.6 Å². The molecule has 1 atom stereocenters. The highest BCUT2D eigenvalue weighted by Crippen LogP contribution is 2.32. The molecule has 1 N–H and O–H groups in total. The van der Waals surface area contributed by atoms with Crippen molar-refractivity contribution in [1.29, 1.82) is 0 Å². The van der Waals surface area contributed by atoms with E-state index >= 15 is 0 Å². The molecule has 0 spiro atoms. The van der Waals surface area contributed by atoms with Crippen LogP contribution in [0.15, 0.2) is 48.5 Å². The summed E-state index contributed by atoms with van der Waals surface area (Å²) < 4.78 is 13.3. The van der Waals surface area contributed by atoms with Crippen LogP contribution in [0.2, 0.25) is 5.02 Å². The minimum absolute atomic E-state index is 0.0167. The van der Waals surface area contributed by atoms with Gasteiger partial charge >= 0.3 is 0 Å². The lowest BCUT2D eigenvalue weighted by molar-refractivity contribution is 0.390. The zero-order valence-corrected chi connectivity index (χ0v) is 13.3. The monoisotopic (exact) mass is 305 g/mol. The van der Waals surface area contributed by atoms with Gasteiger partial charge in [0.05, 0.1) is 5.02 Å². The van der Waals surface area contributed by atoms with Crippen molar-refractivity contribution in [2.24, 2.45) is 0 Å². The summed E-state index contributed by atoms with van der Waals surface area (Å²) in [6, 6.07) is 15.5. The molecule has 0 aliphatic heterocycles. The molecule has 0 aromatic heterocycles. The molecular weight excluding hydrogens is 285 g/mol. The SMILES string of the molecule is CCC(CNC)(Cc1ccc(F)c(Cl)c1)c1ccccc1. The number of hydrogen-bond acceptors (Lipinski definition) is 1. The highest BCUT2D eigenvalue weighted by molar-refractivity contribution is 6.30. The Kier molecular flexibility index (Phi) is 5.38. The predicted molar refractivity (Wildman–Crippen MR) is 87.5 cm³/mol. The largest absolute Gasteiger partial charge is 0.319 e. The Morgan fingerprint density at radius 1 is 1.14 bits per heavy atom. The molecule has 0 radical (unpaired) electrons. The normalized spacial score (nSPS) is 13.9. The lowest BCUT2D eigenvalue weighted by atomic mass is 9.73. The summed E-state index contributed by atoms with van der Waals surface area (Å²) in [5.41, 5.74) is 2.33. The van der Waals surface area contributed by atoms with Crippen LogP contribution in [-0.4, -0.2) is 13.6 Å². The second-order valence-electron chi connectivity index (χ2n) is 5.46. The second-order valence-corrected chi connectivity index (χ2v) is 5.86. The van der Waals surface area contributed by atoms with E-state index in [1.165, 1.54) is 11.6 Å². The van der Waals surface area contributed by atoms with Gasteiger partial charge in [-0.05, 0) is 43.1 Å². The highest BCUT2D eigenvalue weighted by Gasteiger charge is 2.30. The average molecular weight is 306 g/mol. The van der Waals surface area contributed by atoms with Crippen LogP contribution in [0.3, 0.4) is 0 Å². The molecule has 0 heterocycles. The molecule has 1 unspecified atom stereocenters. The number of halogens is 2. The summed E-state index contributed by atoms with van der Waals surface area (Å²) in [6.45, 7) is 3.05. The first kappa shape index (κ1) is 16.0. The average Bonchev–Trinajstić information content (AvgIpc) is 2.51. The van der Waals surface area contributed by atoms with Crippen molar-refractivity contribution in [2.45, 2.75) is 25.2 Å². The fraction of sp³-hybridized carbons (Fsp3) is 0.333. The van der Waals surface area contributed by atoms with Crippen molar-refractivity contribution in [1.82, 2.24) is 5.32 Å². The molecular formula is C18H21ClFN. The Bertz CT molecular complexity index is 585. The zero-order chi connectivity index (χ0) is 15.3. The molecule has 2 aromatic carbocycles. The molecule has 0 aliphatic carbocycles. The van der Waals surface area contributed by atoms with Crippen LogP contribution in [0.25, 0.3) is 0 Å². The summed E-state index contributed by atoms with van der Waals surface area (Å²) >= 11 is 5.92. The minimum atomic E-state index is -0.365. The van der Waals surface area contributed by atoms with Gasteiger partial charge in [-0.25, -0.2) is 4.39 Å². The van der Waals surface area contributed by atoms with Crippen molar-refractivity contribution in [3.8, 4) is 0 Å². The van der Waals surface area contributed by atoms with Crippen LogP contribution in [0.1, 0.15) is 24.5 Å². The number of rotatable bonds is 6. The van der Waals surface area contributed by atoms with Gasteiger partial charge in [0.15, 0.2) is 0 Å². The zero-order valence-electron chi connectivity index (χ0n) is 12.5. The maximum atomic E-state index is 13.3.